The highest BCUT2D eigenvalue weighted by Gasteiger charge is 2.37. The first-order valence-corrected chi connectivity index (χ1v) is 8.84. The third-order valence-corrected chi connectivity index (χ3v) is 4.96. The smallest absolute Gasteiger partial charge is 0.214 e. The van der Waals surface area contributed by atoms with Crippen LogP contribution in [0.1, 0.15) is 24.1 Å². The molecule has 2 aromatic rings. The average molecular weight is 360 g/mol. The normalized spacial score (nSPS) is 16.4. The molecule has 1 fully saturated rings. The van der Waals surface area contributed by atoms with E-state index in [9.17, 15) is 4.39 Å². The predicted molar refractivity (Wildman–Crippen MR) is 99.1 cm³/mol. The largest absolute Gasteiger partial charge is 0.475 e. The number of halogens is 1. The van der Waals surface area contributed by atoms with Gasteiger partial charge in [-0.05, 0) is 54.7 Å². The monoisotopic (exact) mass is 360 g/mol. The van der Waals surface area contributed by atoms with Crippen molar-refractivity contribution in [3.8, 4) is 17.0 Å². The molecule has 1 saturated heterocycles. The zero-order chi connectivity index (χ0) is 18.6. The summed E-state index contributed by atoms with van der Waals surface area (Å²) in [5.74, 6) is 0.382. The third-order valence-electron chi connectivity index (χ3n) is 4.96. The van der Waals surface area contributed by atoms with Crippen molar-refractivity contribution in [2.24, 2.45) is 0 Å². The fourth-order valence-electron chi connectivity index (χ4n) is 3.33. The maximum Gasteiger partial charge on any atom is 0.214 e. The summed E-state index contributed by atoms with van der Waals surface area (Å²) in [4.78, 5) is 4.56. The lowest BCUT2D eigenvalue weighted by Crippen LogP contribution is -2.36. The molecule has 3 N–H and O–H groups in total. The molecule has 6 heteroatoms. The maximum absolute atomic E-state index is 14.1. The minimum Gasteiger partial charge on any atom is -0.475 e. The topological polar surface area (TPSA) is 77.6 Å². The summed E-state index contributed by atoms with van der Waals surface area (Å²) in [5, 5.41) is 9.06. The van der Waals surface area contributed by atoms with Gasteiger partial charge in [-0.1, -0.05) is 6.07 Å². The van der Waals surface area contributed by atoms with E-state index in [0.29, 0.717) is 43.3 Å². The number of hydrogen-bond acceptors (Lipinski definition) is 5. The molecule has 26 heavy (non-hydrogen) atoms. The van der Waals surface area contributed by atoms with Gasteiger partial charge in [-0.2, -0.15) is 0 Å². The second-order valence-corrected chi connectivity index (χ2v) is 6.75. The van der Waals surface area contributed by atoms with Gasteiger partial charge in [0.05, 0.1) is 12.3 Å². The summed E-state index contributed by atoms with van der Waals surface area (Å²) in [6.45, 7) is 2.56. The van der Waals surface area contributed by atoms with Crippen molar-refractivity contribution in [3.05, 3.63) is 41.6 Å². The van der Waals surface area contributed by atoms with Crippen LogP contribution in [0.4, 0.5) is 10.1 Å². The Labute approximate surface area is 153 Å². The number of anilines is 1. The maximum atomic E-state index is 14.1. The van der Waals surface area contributed by atoms with Crippen LogP contribution in [0.3, 0.4) is 0 Å². The van der Waals surface area contributed by atoms with Gasteiger partial charge in [0.2, 0.25) is 5.88 Å². The van der Waals surface area contributed by atoms with Crippen molar-refractivity contribution in [3.63, 3.8) is 0 Å². The SMILES string of the molecule is Cc1ccc(N)cc1-c1cc(OCCO)nc(C2(CF)CCOCC2)c1. The molecule has 1 aromatic heterocycles. The second-order valence-electron chi connectivity index (χ2n) is 6.75. The van der Waals surface area contributed by atoms with E-state index in [0.717, 1.165) is 16.7 Å². The first-order chi connectivity index (χ1) is 12.6. The van der Waals surface area contributed by atoms with Crippen LogP contribution >= 0.6 is 0 Å². The fourth-order valence-corrected chi connectivity index (χ4v) is 3.33. The zero-order valence-electron chi connectivity index (χ0n) is 15.0. The molecule has 0 bridgehead atoms. The number of rotatable bonds is 6. The van der Waals surface area contributed by atoms with E-state index < -0.39 is 12.1 Å². The average Bonchev–Trinajstić information content (AvgIpc) is 2.68. The Morgan fingerprint density at radius 2 is 2.04 bits per heavy atom. The molecule has 0 unspecified atom stereocenters. The quantitative estimate of drug-likeness (QED) is 0.774. The molecule has 1 aromatic carbocycles. The van der Waals surface area contributed by atoms with Crippen molar-refractivity contribution < 1.29 is 19.0 Å². The molecule has 0 spiro atoms. The second kappa shape index (κ2) is 8.01. The van der Waals surface area contributed by atoms with Crippen LogP contribution in [-0.4, -0.2) is 43.2 Å². The van der Waals surface area contributed by atoms with Crippen molar-refractivity contribution >= 4 is 5.69 Å². The van der Waals surface area contributed by atoms with E-state index in [4.69, 9.17) is 20.3 Å². The highest BCUT2D eigenvalue weighted by molar-refractivity contribution is 5.72. The first-order valence-electron chi connectivity index (χ1n) is 8.84. The van der Waals surface area contributed by atoms with Gasteiger partial charge >= 0.3 is 0 Å². The lowest BCUT2D eigenvalue weighted by molar-refractivity contribution is 0.0383. The summed E-state index contributed by atoms with van der Waals surface area (Å²) < 4.78 is 25.1. The number of nitrogens with zero attached hydrogens (tertiary/aromatic N) is 1. The minimum atomic E-state index is -0.667. The van der Waals surface area contributed by atoms with E-state index >= 15 is 0 Å². The number of alkyl halides is 1. The summed E-state index contributed by atoms with van der Waals surface area (Å²) in [6.07, 6.45) is 1.16. The Kier molecular flexibility index (Phi) is 5.74. The molecule has 0 aliphatic carbocycles. The fraction of sp³-hybridized carbons (Fsp3) is 0.450. The van der Waals surface area contributed by atoms with Crippen LogP contribution in [0.15, 0.2) is 30.3 Å². The molecular weight excluding hydrogens is 335 g/mol. The molecule has 0 amide bonds. The predicted octanol–water partition coefficient (Wildman–Crippen LogP) is 3.03. The van der Waals surface area contributed by atoms with Crippen LogP contribution < -0.4 is 10.5 Å². The zero-order valence-corrected chi connectivity index (χ0v) is 15.0. The van der Waals surface area contributed by atoms with E-state index in [-0.39, 0.29) is 13.2 Å². The van der Waals surface area contributed by atoms with Gasteiger partial charge in [0.15, 0.2) is 0 Å². The van der Waals surface area contributed by atoms with Crippen LogP contribution in [0.2, 0.25) is 0 Å². The van der Waals surface area contributed by atoms with E-state index in [2.05, 4.69) is 4.98 Å². The Bertz CT molecular complexity index is 761. The number of benzene rings is 1. The molecule has 2 heterocycles. The molecule has 1 aliphatic rings. The Balaban J connectivity index is 2.10. The standard InChI is InChI=1S/C20H25FN2O3/c1-14-2-3-16(22)12-17(14)15-10-18(23-19(11-15)26-9-6-24)20(13-21)4-7-25-8-5-20/h2-3,10-12,24H,4-9,13,22H2,1H3. The molecule has 0 saturated carbocycles. The van der Waals surface area contributed by atoms with Gasteiger partial charge in [-0.25, -0.2) is 4.98 Å². The highest BCUT2D eigenvalue weighted by atomic mass is 19.1. The van der Waals surface area contributed by atoms with Gasteiger partial charge in [0.1, 0.15) is 13.3 Å². The Morgan fingerprint density at radius 1 is 1.27 bits per heavy atom. The van der Waals surface area contributed by atoms with Crippen LogP contribution in [0.25, 0.3) is 11.1 Å². The molecule has 140 valence electrons. The summed E-state index contributed by atoms with van der Waals surface area (Å²) in [5.41, 5.74) is 9.52. The number of aliphatic hydroxyl groups excluding tert-OH is 1. The number of aryl methyl sites for hydroxylation is 1. The number of nitrogen functional groups attached to an aromatic ring is 1. The van der Waals surface area contributed by atoms with Gasteiger partial charge in [0.25, 0.3) is 0 Å². The molecule has 5 nitrogen and oxygen atoms in total. The number of aromatic nitrogens is 1. The lowest BCUT2D eigenvalue weighted by Gasteiger charge is -2.34. The highest BCUT2D eigenvalue weighted by Crippen LogP contribution is 2.38. The number of ether oxygens (including phenoxy) is 2. The lowest BCUT2D eigenvalue weighted by atomic mass is 9.77. The van der Waals surface area contributed by atoms with Gasteiger partial charge in [0, 0.05) is 30.4 Å². The molecule has 1 aliphatic heterocycles. The summed E-state index contributed by atoms with van der Waals surface area (Å²) >= 11 is 0. The number of aliphatic hydroxyl groups is 1. The molecular formula is C20H25FN2O3. The number of hydrogen-bond donors (Lipinski definition) is 2. The number of pyridine rings is 1. The van der Waals surface area contributed by atoms with Crippen molar-refractivity contribution in [2.45, 2.75) is 25.2 Å². The van der Waals surface area contributed by atoms with Gasteiger partial charge < -0.3 is 20.3 Å². The van der Waals surface area contributed by atoms with Crippen molar-refractivity contribution in [1.29, 1.82) is 0 Å². The Morgan fingerprint density at radius 3 is 2.73 bits per heavy atom. The van der Waals surface area contributed by atoms with Crippen molar-refractivity contribution in [2.75, 3.05) is 38.8 Å². The first kappa shape index (κ1) is 18.6. The minimum absolute atomic E-state index is 0.110. The van der Waals surface area contributed by atoms with E-state index in [1.54, 1.807) is 0 Å². The molecule has 0 atom stereocenters. The number of nitrogens with two attached hydrogens (primary N) is 1. The third kappa shape index (κ3) is 3.81. The molecule has 0 radical (unpaired) electrons. The van der Waals surface area contributed by atoms with E-state index in [1.165, 1.54) is 0 Å². The van der Waals surface area contributed by atoms with Gasteiger partial charge in [-0.15, -0.1) is 0 Å². The van der Waals surface area contributed by atoms with Crippen LogP contribution in [-0.2, 0) is 10.2 Å². The van der Waals surface area contributed by atoms with Gasteiger partial charge in [-0.3, -0.25) is 4.39 Å². The molecule has 3 rings (SSSR count). The Hall–Kier alpha value is -2.18. The summed E-state index contributed by atoms with van der Waals surface area (Å²) in [7, 11) is 0. The van der Waals surface area contributed by atoms with Crippen molar-refractivity contribution in [1.82, 2.24) is 4.98 Å². The van der Waals surface area contributed by atoms with E-state index in [1.807, 2.05) is 37.3 Å². The van der Waals surface area contributed by atoms with Crippen LogP contribution in [0, 0.1) is 6.92 Å². The van der Waals surface area contributed by atoms with Crippen LogP contribution in [0.5, 0.6) is 5.88 Å². The summed E-state index contributed by atoms with van der Waals surface area (Å²) in [6, 6.07) is 9.45.